The average molecular weight is 592 g/mol. The first-order valence-electron chi connectivity index (χ1n) is 15.4. The van der Waals surface area contributed by atoms with Gasteiger partial charge in [-0.05, 0) is 43.0 Å². The molecule has 3 aliphatic heterocycles. The summed E-state index contributed by atoms with van der Waals surface area (Å²) < 4.78 is 0. The molecule has 3 heterocycles. The Hall–Kier alpha value is -3.30. The highest BCUT2D eigenvalue weighted by Gasteiger charge is 2.50. The van der Waals surface area contributed by atoms with Gasteiger partial charge in [0, 0.05) is 75.4 Å². The van der Waals surface area contributed by atoms with Crippen LogP contribution in [0.25, 0.3) is 0 Å². The van der Waals surface area contributed by atoms with Gasteiger partial charge in [-0.2, -0.15) is 5.10 Å². The number of aryl methyl sites for hydroxylation is 1. The van der Waals surface area contributed by atoms with Crippen molar-refractivity contribution in [1.82, 2.24) is 25.4 Å². The van der Waals surface area contributed by atoms with E-state index in [-0.39, 0.29) is 30.1 Å². The first-order chi connectivity index (χ1) is 20.5. The zero-order chi connectivity index (χ0) is 29.1. The number of rotatable bonds is 9. The standard InChI is InChI=1S/C32H42ClN7O2/c1-23-11-12-25(33)21-28(23)38-19-17-37(18-20-38)16-15-34-30(41)14-13-29-35-36-32-39(22-24-7-3-2-4-8-24)31(42)26-9-5-6-10-27(26)40(29)32/h2-4,7-8,11-12,21,26-27,32,36H,5-6,9-10,13-20,22H2,1H3,(H,34,41). The topological polar surface area (TPSA) is 83.5 Å². The monoisotopic (exact) mass is 591 g/mol. The van der Waals surface area contributed by atoms with E-state index in [0.29, 0.717) is 25.9 Å². The Balaban J connectivity index is 0.981. The number of nitrogens with one attached hydrogen (secondary N) is 2. The lowest BCUT2D eigenvalue weighted by atomic mass is 9.80. The van der Waals surface area contributed by atoms with E-state index in [1.54, 1.807) is 0 Å². The third kappa shape index (κ3) is 6.22. The molecule has 9 nitrogen and oxygen atoms in total. The van der Waals surface area contributed by atoms with E-state index in [1.165, 1.54) is 11.3 Å². The summed E-state index contributed by atoms with van der Waals surface area (Å²) in [6.45, 7) is 7.97. The van der Waals surface area contributed by atoms with E-state index in [1.807, 2.05) is 29.2 Å². The van der Waals surface area contributed by atoms with Crippen LogP contribution in [0.3, 0.4) is 0 Å². The first kappa shape index (κ1) is 28.8. The molecular formula is C32H42ClN7O2. The number of carbonyl (C=O) groups excluding carboxylic acids is 2. The summed E-state index contributed by atoms with van der Waals surface area (Å²) in [7, 11) is 0. The lowest BCUT2D eigenvalue weighted by Crippen LogP contribution is -2.67. The number of amidine groups is 1. The Morgan fingerprint density at radius 3 is 2.67 bits per heavy atom. The molecule has 2 N–H and O–H groups in total. The third-order valence-electron chi connectivity index (χ3n) is 9.26. The molecule has 2 amide bonds. The fourth-order valence-electron chi connectivity index (χ4n) is 6.98. The van der Waals surface area contributed by atoms with Crippen molar-refractivity contribution in [3.63, 3.8) is 0 Å². The second-order valence-electron chi connectivity index (χ2n) is 12.0. The Bertz CT molecular complexity index is 1300. The molecular weight excluding hydrogens is 550 g/mol. The SMILES string of the molecule is Cc1ccc(Cl)cc1N1CCN(CCNC(=O)CCC2=NNC3N(Cc4ccccc4)C(=O)C4CCCCC4N23)CC1. The largest absolute Gasteiger partial charge is 0.369 e. The highest BCUT2D eigenvalue weighted by molar-refractivity contribution is 6.30. The summed E-state index contributed by atoms with van der Waals surface area (Å²) in [5.41, 5.74) is 6.80. The quantitative estimate of drug-likeness (QED) is 0.462. The van der Waals surface area contributed by atoms with Gasteiger partial charge in [0.2, 0.25) is 11.8 Å². The minimum Gasteiger partial charge on any atom is -0.369 e. The van der Waals surface area contributed by atoms with Crippen LogP contribution in [0.2, 0.25) is 5.02 Å². The van der Waals surface area contributed by atoms with Crippen molar-refractivity contribution >= 4 is 34.9 Å². The Kier molecular flexibility index (Phi) is 8.86. The third-order valence-corrected chi connectivity index (χ3v) is 9.49. The number of anilines is 1. The number of halogens is 1. The number of piperazine rings is 1. The molecule has 3 atom stereocenters. The summed E-state index contributed by atoms with van der Waals surface area (Å²) in [4.78, 5) is 35.5. The van der Waals surface area contributed by atoms with Gasteiger partial charge in [-0.3, -0.25) is 24.8 Å². The van der Waals surface area contributed by atoms with Gasteiger partial charge in [0.1, 0.15) is 5.84 Å². The summed E-state index contributed by atoms with van der Waals surface area (Å²) in [6, 6.07) is 16.3. The minimum absolute atomic E-state index is 0.0131. The van der Waals surface area contributed by atoms with Gasteiger partial charge in [0.25, 0.3) is 0 Å². The Labute approximate surface area is 253 Å². The van der Waals surface area contributed by atoms with E-state index < -0.39 is 0 Å². The molecule has 0 aromatic heterocycles. The van der Waals surface area contributed by atoms with Crippen LogP contribution < -0.4 is 15.6 Å². The van der Waals surface area contributed by atoms with Gasteiger partial charge in [-0.1, -0.05) is 60.8 Å². The summed E-state index contributed by atoms with van der Waals surface area (Å²) in [5, 5.41) is 8.56. The molecule has 42 heavy (non-hydrogen) atoms. The van der Waals surface area contributed by atoms with Crippen molar-refractivity contribution in [2.75, 3.05) is 44.2 Å². The highest BCUT2D eigenvalue weighted by Crippen LogP contribution is 2.38. The van der Waals surface area contributed by atoms with Gasteiger partial charge in [0.15, 0.2) is 6.29 Å². The lowest BCUT2D eigenvalue weighted by Gasteiger charge is -2.50. The van der Waals surface area contributed by atoms with Gasteiger partial charge in [0.05, 0.1) is 5.92 Å². The second kappa shape index (κ2) is 12.9. The second-order valence-corrected chi connectivity index (χ2v) is 12.4. The van der Waals surface area contributed by atoms with Crippen LogP contribution in [0.15, 0.2) is 53.6 Å². The molecule has 10 heteroatoms. The van der Waals surface area contributed by atoms with Gasteiger partial charge in [-0.15, -0.1) is 0 Å². The van der Waals surface area contributed by atoms with Crippen molar-refractivity contribution in [3.8, 4) is 0 Å². The molecule has 2 aromatic rings. The normalized spacial score (nSPS) is 24.1. The van der Waals surface area contributed by atoms with Crippen molar-refractivity contribution in [1.29, 1.82) is 0 Å². The predicted octanol–water partition coefficient (Wildman–Crippen LogP) is 3.77. The number of benzene rings is 2. The van der Waals surface area contributed by atoms with Crippen molar-refractivity contribution in [2.45, 2.75) is 64.3 Å². The molecule has 0 bridgehead atoms. The van der Waals surface area contributed by atoms with E-state index >= 15 is 0 Å². The van der Waals surface area contributed by atoms with Crippen LogP contribution >= 0.6 is 11.6 Å². The molecule has 3 fully saturated rings. The molecule has 1 aliphatic carbocycles. The van der Waals surface area contributed by atoms with Crippen LogP contribution in [0, 0.1) is 12.8 Å². The fraction of sp³-hybridized carbons (Fsp3) is 0.531. The number of hydrogen-bond acceptors (Lipinski definition) is 7. The number of hydrazone groups is 1. The Morgan fingerprint density at radius 1 is 1.07 bits per heavy atom. The van der Waals surface area contributed by atoms with E-state index in [4.69, 9.17) is 11.6 Å². The van der Waals surface area contributed by atoms with Crippen molar-refractivity contribution in [2.24, 2.45) is 11.0 Å². The van der Waals surface area contributed by atoms with E-state index in [9.17, 15) is 9.59 Å². The molecule has 0 radical (unpaired) electrons. The molecule has 3 unspecified atom stereocenters. The Morgan fingerprint density at radius 2 is 1.86 bits per heavy atom. The van der Waals surface area contributed by atoms with Gasteiger partial charge in [-0.25, -0.2) is 0 Å². The zero-order valence-electron chi connectivity index (χ0n) is 24.5. The van der Waals surface area contributed by atoms with Gasteiger partial charge < -0.3 is 15.1 Å². The number of nitrogens with zero attached hydrogens (tertiary/aromatic N) is 5. The molecule has 1 saturated carbocycles. The number of carbonyl (C=O) groups is 2. The maximum Gasteiger partial charge on any atom is 0.231 e. The molecule has 6 rings (SSSR count). The van der Waals surface area contributed by atoms with Crippen LogP contribution in [-0.2, 0) is 16.1 Å². The molecule has 224 valence electrons. The lowest BCUT2D eigenvalue weighted by molar-refractivity contribution is -0.156. The maximum absolute atomic E-state index is 13.6. The summed E-state index contributed by atoms with van der Waals surface area (Å²) in [6.07, 6.45) is 4.77. The van der Waals surface area contributed by atoms with E-state index in [0.717, 1.165) is 74.8 Å². The molecule has 2 aromatic carbocycles. The number of amides is 2. The maximum atomic E-state index is 13.6. The van der Waals surface area contributed by atoms with Crippen molar-refractivity contribution < 1.29 is 9.59 Å². The highest BCUT2D eigenvalue weighted by atomic mass is 35.5. The summed E-state index contributed by atoms with van der Waals surface area (Å²) in [5.74, 6) is 1.14. The smallest absolute Gasteiger partial charge is 0.231 e. The predicted molar refractivity (Wildman–Crippen MR) is 166 cm³/mol. The number of fused-ring (bicyclic) bond motifs is 3. The molecule has 2 saturated heterocycles. The van der Waals surface area contributed by atoms with Crippen LogP contribution in [-0.4, -0.2) is 83.9 Å². The number of hydrogen-bond donors (Lipinski definition) is 2. The first-order valence-corrected chi connectivity index (χ1v) is 15.8. The van der Waals surface area contributed by atoms with E-state index in [2.05, 4.69) is 61.7 Å². The van der Waals surface area contributed by atoms with Crippen LogP contribution in [0.5, 0.6) is 0 Å². The minimum atomic E-state index is -0.288. The van der Waals surface area contributed by atoms with Gasteiger partial charge >= 0.3 is 0 Å². The van der Waals surface area contributed by atoms with Crippen molar-refractivity contribution in [3.05, 3.63) is 64.7 Å². The van der Waals surface area contributed by atoms with Crippen LogP contribution in [0.1, 0.15) is 49.7 Å². The zero-order valence-corrected chi connectivity index (χ0v) is 25.2. The average Bonchev–Trinajstić information content (AvgIpc) is 3.44. The molecule has 4 aliphatic rings. The fourth-order valence-corrected chi connectivity index (χ4v) is 7.15. The molecule has 0 spiro atoms. The van der Waals surface area contributed by atoms with Crippen LogP contribution in [0.4, 0.5) is 5.69 Å². The summed E-state index contributed by atoms with van der Waals surface area (Å²) >= 11 is 6.23.